The van der Waals surface area contributed by atoms with Crippen molar-refractivity contribution in [1.82, 2.24) is 0 Å². The van der Waals surface area contributed by atoms with Gasteiger partial charge in [0.05, 0.1) is 6.61 Å². The molecule has 1 unspecified atom stereocenters. The average Bonchev–Trinajstić information content (AvgIpc) is 2.14. The van der Waals surface area contributed by atoms with Crippen LogP contribution in [0.1, 0.15) is 40.0 Å². The standard InChI is InChI=1S/C11H18O4/c1-4-6-9(13)7-10(8(3)12)11(14)15-5-2/h10H,4-7H2,1-3H3. The molecule has 0 spiro atoms. The van der Waals surface area contributed by atoms with Crippen LogP contribution in [-0.2, 0) is 19.1 Å². The van der Waals surface area contributed by atoms with Gasteiger partial charge in [-0.2, -0.15) is 0 Å². The van der Waals surface area contributed by atoms with Crippen LogP contribution in [-0.4, -0.2) is 24.1 Å². The molecule has 86 valence electrons. The summed E-state index contributed by atoms with van der Waals surface area (Å²) in [6, 6.07) is 0. The molecule has 0 radical (unpaired) electrons. The fourth-order valence-electron chi connectivity index (χ4n) is 1.24. The smallest absolute Gasteiger partial charge is 0.316 e. The minimum atomic E-state index is -0.913. The molecule has 0 heterocycles. The van der Waals surface area contributed by atoms with Crippen molar-refractivity contribution < 1.29 is 19.1 Å². The number of carbonyl (C=O) groups excluding carboxylic acids is 3. The third-order valence-electron chi connectivity index (χ3n) is 2.02. The van der Waals surface area contributed by atoms with Crippen LogP contribution in [0.25, 0.3) is 0 Å². The third kappa shape index (κ3) is 5.30. The normalized spacial score (nSPS) is 11.9. The number of hydrogen-bond acceptors (Lipinski definition) is 4. The van der Waals surface area contributed by atoms with Gasteiger partial charge >= 0.3 is 5.97 Å². The molecule has 15 heavy (non-hydrogen) atoms. The van der Waals surface area contributed by atoms with Crippen LogP contribution in [0.3, 0.4) is 0 Å². The van der Waals surface area contributed by atoms with Gasteiger partial charge in [-0.1, -0.05) is 6.92 Å². The Morgan fingerprint density at radius 3 is 2.20 bits per heavy atom. The zero-order valence-corrected chi connectivity index (χ0v) is 9.54. The van der Waals surface area contributed by atoms with E-state index in [-0.39, 0.29) is 24.6 Å². The number of ketones is 2. The minimum Gasteiger partial charge on any atom is -0.465 e. The summed E-state index contributed by atoms with van der Waals surface area (Å²) in [5.41, 5.74) is 0. The van der Waals surface area contributed by atoms with Crippen LogP contribution >= 0.6 is 0 Å². The van der Waals surface area contributed by atoms with E-state index >= 15 is 0 Å². The monoisotopic (exact) mass is 214 g/mol. The molecule has 0 rings (SSSR count). The maximum atomic E-state index is 11.3. The first-order valence-corrected chi connectivity index (χ1v) is 5.21. The zero-order valence-electron chi connectivity index (χ0n) is 9.54. The Morgan fingerprint density at radius 1 is 1.20 bits per heavy atom. The van der Waals surface area contributed by atoms with Gasteiger partial charge in [-0.3, -0.25) is 14.4 Å². The van der Waals surface area contributed by atoms with E-state index in [4.69, 9.17) is 4.74 Å². The van der Waals surface area contributed by atoms with Crippen LogP contribution in [0.5, 0.6) is 0 Å². The van der Waals surface area contributed by atoms with Crippen molar-refractivity contribution in [2.45, 2.75) is 40.0 Å². The van der Waals surface area contributed by atoms with Crippen LogP contribution in [0.4, 0.5) is 0 Å². The fraction of sp³-hybridized carbons (Fsp3) is 0.727. The Labute approximate surface area is 90.0 Å². The molecule has 4 heteroatoms. The van der Waals surface area contributed by atoms with Gasteiger partial charge in [0.2, 0.25) is 0 Å². The Balaban J connectivity index is 4.34. The van der Waals surface area contributed by atoms with Crippen LogP contribution in [0, 0.1) is 5.92 Å². The van der Waals surface area contributed by atoms with Gasteiger partial charge in [0.1, 0.15) is 17.5 Å². The van der Waals surface area contributed by atoms with Crippen molar-refractivity contribution >= 4 is 17.5 Å². The molecule has 0 saturated heterocycles. The molecule has 0 aliphatic carbocycles. The molecule has 0 N–H and O–H groups in total. The van der Waals surface area contributed by atoms with Crippen molar-refractivity contribution in [1.29, 1.82) is 0 Å². The van der Waals surface area contributed by atoms with E-state index in [0.29, 0.717) is 6.42 Å². The maximum Gasteiger partial charge on any atom is 0.316 e. The van der Waals surface area contributed by atoms with Crippen molar-refractivity contribution in [2.75, 3.05) is 6.61 Å². The highest BCUT2D eigenvalue weighted by molar-refractivity contribution is 6.01. The van der Waals surface area contributed by atoms with Gasteiger partial charge in [-0.05, 0) is 20.3 Å². The topological polar surface area (TPSA) is 60.4 Å². The van der Waals surface area contributed by atoms with Crippen molar-refractivity contribution in [3.63, 3.8) is 0 Å². The van der Waals surface area contributed by atoms with Crippen LogP contribution in [0.2, 0.25) is 0 Å². The van der Waals surface area contributed by atoms with E-state index in [1.54, 1.807) is 6.92 Å². The second-order valence-corrected chi connectivity index (χ2v) is 3.41. The van der Waals surface area contributed by atoms with Gasteiger partial charge in [-0.25, -0.2) is 0 Å². The zero-order chi connectivity index (χ0) is 11.8. The summed E-state index contributed by atoms with van der Waals surface area (Å²) in [6.45, 7) is 5.08. The van der Waals surface area contributed by atoms with Crippen molar-refractivity contribution in [3.05, 3.63) is 0 Å². The molecular weight excluding hydrogens is 196 g/mol. The number of ether oxygens (including phenoxy) is 1. The summed E-state index contributed by atoms with van der Waals surface area (Å²) in [6.07, 6.45) is 1.11. The minimum absolute atomic E-state index is 0.0258. The summed E-state index contributed by atoms with van der Waals surface area (Å²) in [4.78, 5) is 33.8. The van der Waals surface area contributed by atoms with E-state index < -0.39 is 11.9 Å². The molecule has 0 bridgehead atoms. The predicted molar refractivity (Wildman–Crippen MR) is 55.3 cm³/mol. The molecule has 0 aliphatic heterocycles. The number of esters is 1. The van der Waals surface area contributed by atoms with Gasteiger partial charge in [0, 0.05) is 12.8 Å². The van der Waals surface area contributed by atoms with E-state index in [2.05, 4.69) is 0 Å². The quantitative estimate of drug-likeness (QED) is 0.476. The number of carbonyl (C=O) groups is 3. The Morgan fingerprint density at radius 2 is 1.80 bits per heavy atom. The first kappa shape index (κ1) is 13.8. The maximum absolute atomic E-state index is 11.3. The molecule has 0 amide bonds. The highest BCUT2D eigenvalue weighted by atomic mass is 16.5. The van der Waals surface area contributed by atoms with Gasteiger partial charge in [0.25, 0.3) is 0 Å². The lowest BCUT2D eigenvalue weighted by Gasteiger charge is -2.11. The van der Waals surface area contributed by atoms with E-state index in [0.717, 1.165) is 6.42 Å². The van der Waals surface area contributed by atoms with Crippen molar-refractivity contribution in [3.8, 4) is 0 Å². The highest BCUT2D eigenvalue weighted by Gasteiger charge is 2.26. The molecule has 0 aliphatic rings. The van der Waals surface area contributed by atoms with Crippen molar-refractivity contribution in [2.24, 2.45) is 5.92 Å². The summed E-state index contributed by atoms with van der Waals surface area (Å²) in [5.74, 6) is -1.87. The summed E-state index contributed by atoms with van der Waals surface area (Å²) >= 11 is 0. The largest absolute Gasteiger partial charge is 0.465 e. The lowest BCUT2D eigenvalue weighted by Crippen LogP contribution is -2.26. The molecule has 4 nitrogen and oxygen atoms in total. The van der Waals surface area contributed by atoms with E-state index in [1.165, 1.54) is 6.92 Å². The Bertz CT molecular complexity index is 245. The molecule has 0 saturated carbocycles. The molecule has 0 fully saturated rings. The summed E-state index contributed by atoms with van der Waals surface area (Å²) < 4.78 is 4.73. The number of Topliss-reactive ketones (excluding diaryl/α,β-unsaturated/α-hetero) is 2. The van der Waals surface area contributed by atoms with E-state index in [1.807, 2.05) is 6.92 Å². The first-order valence-electron chi connectivity index (χ1n) is 5.21. The third-order valence-corrected chi connectivity index (χ3v) is 2.02. The highest BCUT2D eigenvalue weighted by Crippen LogP contribution is 2.10. The lowest BCUT2D eigenvalue weighted by molar-refractivity contribution is -0.152. The predicted octanol–water partition coefficient (Wildman–Crippen LogP) is 1.51. The Kier molecular flexibility index (Phi) is 6.58. The Hall–Kier alpha value is -1.19. The van der Waals surface area contributed by atoms with E-state index in [9.17, 15) is 14.4 Å². The molecule has 1 atom stereocenters. The molecule has 0 aromatic carbocycles. The summed E-state index contributed by atoms with van der Waals surface area (Å²) in [7, 11) is 0. The van der Waals surface area contributed by atoms with Crippen LogP contribution < -0.4 is 0 Å². The lowest BCUT2D eigenvalue weighted by atomic mass is 9.97. The number of hydrogen-bond donors (Lipinski definition) is 0. The second kappa shape index (κ2) is 7.15. The number of rotatable bonds is 7. The summed E-state index contributed by atoms with van der Waals surface area (Å²) in [5, 5.41) is 0. The average molecular weight is 214 g/mol. The van der Waals surface area contributed by atoms with Gasteiger partial charge < -0.3 is 4.74 Å². The van der Waals surface area contributed by atoms with Gasteiger partial charge in [0.15, 0.2) is 0 Å². The molecular formula is C11H18O4. The van der Waals surface area contributed by atoms with Gasteiger partial charge in [-0.15, -0.1) is 0 Å². The molecule has 0 aromatic heterocycles. The van der Waals surface area contributed by atoms with Crippen LogP contribution in [0.15, 0.2) is 0 Å². The SMILES string of the molecule is CCCC(=O)CC(C(C)=O)C(=O)OCC. The molecule has 0 aromatic rings. The first-order chi connectivity index (χ1) is 7.02. The fourth-order valence-corrected chi connectivity index (χ4v) is 1.24. The second-order valence-electron chi connectivity index (χ2n) is 3.41.